The van der Waals surface area contributed by atoms with Crippen molar-refractivity contribution in [3.05, 3.63) is 40.4 Å². The van der Waals surface area contributed by atoms with E-state index in [4.69, 9.17) is 0 Å². The van der Waals surface area contributed by atoms with E-state index in [0.717, 1.165) is 17.8 Å². The third-order valence-corrected chi connectivity index (χ3v) is 6.84. The molecule has 144 valence electrons. The zero-order valence-electron chi connectivity index (χ0n) is 15.7. The SMILES string of the molecule is CN(C(=O)CCSCc1nc2ccccc2c(=O)[nH]1)C1CN2CCC1CC2. The summed E-state index contributed by atoms with van der Waals surface area (Å²) in [5.41, 5.74) is 0.615. The molecule has 2 aromatic rings. The lowest BCUT2D eigenvalue weighted by molar-refractivity contribution is -0.135. The van der Waals surface area contributed by atoms with Crippen LogP contribution >= 0.6 is 11.8 Å². The number of aromatic nitrogens is 2. The number of aromatic amines is 1. The molecule has 2 bridgehead atoms. The first kappa shape index (κ1) is 18.5. The molecule has 27 heavy (non-hydrogen) atoms. The number of piperidine rings is 3. The molecular formula is C20H26N4O2S. The van der Waals surface area contributed by atoms with Crippen LogP contribution in [0, 0.1) is 5.92 Å². The van der Waals surface area contributed by atoms with Crippen LogP contribution in [0.25, 0.3) is 10.9 Å². The molecule has 0 spiro atoms. The lowest BCUT2D eigenvalue weighted by atomic mass is 9.83. The number of thioether (sulfide) groups is 1. The van der Waals surface area contributed by atoms with Crippen LogP contribution < -0.4 is 5.56 Å². The van der Waals surface area contributed by atoms with Crippen molar-refractivity contribution in [3.63, 3.8) is 0 Å². The van der Waals surface area contributed by atoms with Gasteiger partial charge in [0.05, 0.1) is 16.7 Å². The van der Waals surface area contributed by atoms with Crippen LogP contribution in [-0.2, 0) is 10.5 Å². The van der Waals surface area contributed by atoms with Gasteiger partial charge >= 0.3 is 0 Å². The molecule has 3 saturated heterocycles. The molecule has 3 fully saturated rings. The molecule has 1 N–H and O–H groups in total. The smallest absolute Gasteiger partial charge is 0.258 e. The molecule has 1 aromatic carbocycles. The number of amides is 1. The molecule has 4 heterocycles. The van der Waals surface area contributed by atoms with Gasteiger partial charge in [-0.1, -0.05) is 12.1 Å². The second-order valence-electron chi connectivity index (χ2n) is 7.54. The van der Waals surface area contributed by atoms with Crippen LogP contribution in [0.4, 0.5) is 0 Å². The second kappa shape index (κ2) is 8.02. The maximum absolute atomic E-state index is 12.6. The molecule has 0 saturated carbocycles. The number of hydrogen-bond acceptors (Lipinski definition) is 5. The van der Waals surface area contributed by atoms with E-state index >= 15 is 0 Å². The Morgan fingerprint density at radius 3 is 2.85 bits per heavy atom. The minimum Gasteiger partial charge on any atom is -0.341 e. The molecule has 3 aliphatic rings. The van der Waals surface area contributed by atoms with Crippen molar-refractivity contribution in [2.75, 3.05) is 32.4 Å². The number of para-hydroxylation sites is 1. The van der Waals surface area contributed by atoms with Gasteiger partial charge in [0.15, 0.2) is 0 Å². The summed E-state index contributed by atoms with van der Waals surface area (Å²) in [7, 11) is 1.96. The molecule has 6 nitrogen and oxygen atoms in total. The van der Waals surface area contributed by atoms with E-state index in [1.807, 2.05) is 30.1 Å². The van der Waals surface area contributed by atoms with Crippen LogP contribution in [0.2, 0.25) is 0 Å². The van der Waals surface area contributed by atoms with Gasteiger partial charge in [0, 0.05) is 31.8 Å². The number of hydrogen-bond donors (Lipinski definition) is 1. The van der Waals surface area contributed by atoms with Gasteiger partial charge < -0.3 is 14.8 Å². The van der Waals surface area contributed by atoms with E-state index in [-0.39, 0.29) is 11.5 Å². The number of rotatable bonds is 6. The summed E-state index contributed by atoms with van der Waals surface area (Å²) in [5.74, 6) is 2.91. The Labute approximate surface area is 163 Å². The zero-order valence-corrected chi connectivity index (χ0v) is 16.5. The van der Waals surface area contributed by atoms with Gasteiger partial charge in [-0.25, -0.2) is 4.98 Å². The normalized spacial score (nSPS) is 24.3. The average molecular weight is 387 g/mol. The Balaban J connectivity index is 1.27. The number of nitrogens with zero attached hydrogens (tertiary/aromatic N) is 3. The average Bonchev–Trinajstić information content (AvgIpc) is 2.71. The predicted octanol–water partition coefficient (Wildman–Crippen LogP) is 2.10. The fourth-order valence-electron chi connectivity index (χ4n) is 4.27. The highest BCUT2D eigenvalue weighted by atomic mass is 32.2. The lowest BCUT2D eigenvalue weighted by Gasteiger charge is -2.48. The van der Waals surface area contributed by atoms with E-state index in [2.05, 4.69) is 14.9 Å². The van der Waals surface area contributed by atoms with Gasteiger partial charge in [-0.2, -0.15) is 11.8 Å². The Morgan fingerprint density at radius 2 is 2.11 bits per heavy atom. The van der Waals surface area contributed by atoms with E-state index < -0.39 is 0 Å². The topological polar surface area (TPSA) is 69.3 Å². The number of nitrogens with one attached hydrogen (secondary N) is 1. The molecule has 7 heteroatoms. The van der Waals surface area contributed by atoms with E-state index in [0.29, 0.717) is 35.3 Å². The van der Waals surface area contributed by atoms with Gasteiger partial charge in [-0.3, -0.25) is 9.59 Å². The first-order valence-corrected chi connectivity index (χ1v) is 10.8. The number of H-pyrrole nitrogens is 1. The molecule has 1 aromatic heterocycles. The Kier molecular flexibility index (Phi) is 5.50. The summed E-state index contributed by atoms with van der Waals surface area (Å²) >= 11 is 1.64. The van der Waals surface area contributed by atoms with Gasteiger partial charge in [-0.05, 0) is 44.0 Å². The summed E-state index contributed by atoms with van der Waals surface area (Å²) in [4.78, 5) is 36.5. The second-order valence-corrected chi connectivity index (χ2v) is 8.65. The zero-order chi connectivity index (χ0) is 18.8. The van der Waals surface area contributed by atoms with E-state index in [1.54, 1.807) is 17.8 Å². The first-order valence-electron chi connectivity index (χ1n) is 9.65. The van der Waals surface area contributed by atoms with Crippen LogP contribution in [0.5, 0.6) is 0 Å². The summed E-state index contributed by atoms with van der Waals surface area (Å²) in [5, 5.41) is 0.612. The summed E-state index contributed by atoms with van der Waals surface area (Å²) in [6.07, 6.45) is 2.97. The third-order valence-electron chi connectivity index (χ3n) is 5.87. The Morgan fingerprint density at radius 1 is 1.33 bits per heavy atom. The summed E-state index contributed by atoms with van der Waals surface area (Å²) < 4.78 is 0. The predicted molar refractivity (Wildman–Crippen MR) is 109 cm³/mol. The largest absolute Gasteiger partial charge is 0.341 e. The minimum absolute atomic E-state index is 0.102. The van der Waals surface area contributed by atoms with Crippen molar-refractivity contribution in [1.82, 2.24) is 19.8 Å². The van der Waals surface area contributed by atoms with Gasteiger partial charge in [0.1, 0.15) is 5.82 Å². The maximum Gasteiger partial charge on any atom is 0.258 e. The number of carbonyl (C=O) groups excluding carboxylic acids is 1. The number of likely N-dealkylation sites (N-methyl/N-ethyl adjacent to an activating group) is 1. The van der Waals surface area contributed by atoms with Crippen LogP contribution in [0.1, 0.15) is 25.1 Å². The van der Waals surface area contributed by atoms with Crippen molar-refractivity contribution >= 4 is 28.6 Å². The molecule has 3 aliphatic heterocycles. The number of benzene rings is 1. The third kappa shape index (κ3) is 4.04. The molecular weight excluding hydrogens is 360 g/mol. The standard InChI is InChI=1S/C20H26N4O2S/c1-23(17-12-24-9-6-14(17)7-10-24)19(25)8-11-27-13-18-21-16-5-3-2-4-15(16)20(26)22-18/h2-5,14,17H,6-13H2,1H3,(H,21,22,26). The summed E-state index contributed by atoms with van der Waals surface area (Å²) in [6, 6.07) is 7.73. The number of carbonyl (C=O) groups is 1. The molecule has 0 radical (unpaired) electrons. The summed E-state index contributed by atoms with van der Waals surface area (Å²) in [6.45, 7) is 3.41. The van der Waals surface area contributed by atoms with Crippen molar-refractivity contribution in [2.45, 2.75) is 31.1 Å². The van der Waals surface area contributed by atoms with E-state index in [1.165, 1.54) is 25.9 Å². The van der Waals surface area contributed by atoms with E-state index in [9.17, 15) is 9.59 Å². The van der Waals surface area contributed by atoms with Crippen LogP contribution in [0.3, 0.4) is 0 Å². The van der Waals surface area contributed by atoms with Gasteiger partial charge in [0.25, 0.3) is 5.56 Å². The first-order chi connectivity index (χ1) is 13.1. The van der Waals surface area contributed by atoms with Crippen molar-refractivity contribution in [1.29, 1.82) is 0 Å². The lowest BCUT2D eigenvalue weighted by Crippen LogP contribution is -2.57. The number of fused-ring (bicyclic) bond motifs is 4. The van der Waals surface area contributed by atoms with Gasteiger partial charge in [-0.15, -0.1) is 0 Å². The highest BCUT2D eigenvalue weighted by Crippen LogP contribution is 2.30. The molecule has 1 atom stereocenters. The van der Waals surface area contributed by atoms with Gasteiger partial charge in [0.2, 0.25) is 5.91 Å². The highest BCUT2D eigenvalue weighted by Gasteiger charge is 2.37. The highest BCUT2D eigenvalue weighted by molar-refractivity contribution is 7.98. The monoisotopic (exact) mass is 386 g/mol. The Bertz CT molecular complexity index is 876. The van der Waals surface area contributed by atoms with Crippen LogP contribution in [-0.4, -0.2) is 64.2 Å². The maximum atomic E-state index is 12.6. The molecule has 5 rings (SSSR count). The fraction of sp³-hybridized carbons (Fsp3) is 0.550. The minimum atomic E-state index is -0.102. The molecule has 1 unspecified atom stereocenters. The Hall–Kier alpha value is -1.86. The quantitative estimate of drug-likeness (QED) is 0.770. The van der Waals surface area contributed by atoms with Crippen molar-refractivity contribution < 1.29 is 4.79 Å². The fourth-order valence-corrected chi connectivity index (χ4v) is 5.06. The molecule has 0 aliphatic carbocycles. The molecule has 1 amide bonds. The van der Waals surface area contributed by atoms with Crippen LogP contribution in [0.15, 0.2) is 29.1 Å². The van der Waals surface area contributed by atoms with Crippen molar-refractivity contribution in [3.8, 4) is 0 Å². The van der Waals surface area contributed by atoms with Crippen molar-refractivity contribution in [2.24, 2.45) is 5.92 Å².